The van der Waals surface area contributed by atoms with Gasteiger partial charge in [-0.1, -0.05) is 46.3 Å². The van der Waals surface area contributed by atoms with Crippen molar-refractivity contribution in [2.45, 2.75) is 24.2 Å². The lowest BCUT2D eigenvalue weighted by Crippen LogP contribution is -2.02. The van der Waals surface area contributed by atoms with Crippen molar-refractivity contribution in [2.75, 3.05) is 5.32 Å². The van der Waals surface area contributed by atoms with Crippen LogP contribution in [0.15, 0.2) is 42.5 Å². The van der Waals surface area contributed by atoms with Gasteiger partial charge in [-0.25, -0.2) is 4.52 Å². The molecule has 106 valence electrons. The number of alkyl halides is 1. The fourth-order valence-electron chi connectivity index (χ4n) is 2.36. The number of anilines is 1. The Bertz CT molecular complexity index is 775. The highest BCUT2D eigenvalue weighted by Crippen LogP contribution is 2.25. The van der Waals surface area contributed by atoms with Gasteiger partial charge in [0.15, 0.2) is 5.65 Å². The predicted octanol–water partition coefficient (Wildman–Crippen LogP) is 3.87. The van der Waals surface area contributed by atoms with Crippen molar-refractivity contribution in [2.24, 2.45) is 0 Å². The fourth-order valence-corrected chi connectivity index (χ4v) is 2.73. The van der Waals surface area contributed by atoms with Crippen molar-refractivity contribution in [3.05, 3.63) is 48.0 Å². The minimum Gasteiger partial charge on any atom is -0.350 e. The minimum atomic E-state index is 0.559. The van der Waals surface area contributed by atoms with Crippen molar-refractivity contribution in [3.63, 3.8) is 0 Å². The summed E-state index contributed by atoms with van der Waals surface area (Å²) in [6.45, 7) is 0. The van der Waals surface area contributed by atoms with Crippen LogP contribution in [-0.2, 0) is 5.33 Å². The van der Waals surface area contributed by atoms with Crippen molar-refractivity contribution < 1.29 is 0 Å². The average molecular weight is 343 g/mol. The molecule has 4 nitrogen and oxygen atoms in total. The first-order valence-electron chi connectivity index (χ1n) is 7.11. The van der Waals surface area contributed by atoms with Gasteiger partial charge in [0.25, 0.3) is 0 Å². The molecule has 1 aliphatic rings. The van der Waals surface area contributed by atoms with Crippen LogP contribution in [0.4, 0.5) is 5.95 Å². The van der Waals surface area contributed by atoms with E-state index in [2.05, 4.69) is 61.7 Å². The normalized spacial score (nSPS) is 14.5. The minimum absolute atomic E-state index is 0.559. The number of fused-ring (bicyclic) bond motifs is 1. The number of nitrogens with one attached hydrogen (secondary N) is 1. The summed E-state index contributed by atoms with van der Waals surface area (Å²) in [5.41, 5.74) is 4.35. The number of aromatic nitrogens is 3. The van der Waals surface area contributed by atoms with E-state index in [0.717, 1.165) is 28.2 Å². The lowest BCUT2D eigenvalue weighted by Gasteiger charge is -2.05. The Balaban J connectivity index is 1.77. The van der Waals surface area contributed by atoms with E-state index in [1.54, 1.807) is 0 Å². The molecule has 2 aromatic heterocycles. The molecule has 0 saturated heterocycles. The molecule has 3 aromatic rings. The Kier molecular flexibility index (Phi) is 3.15. The van der Waals surface area contributed by atoms with Crippen LogP contribution in [0.3, 0.4) is 0 Å². The first-order valence-corrected chi connectivity index (χ1v) is 8.23. The number of hydrogen-bond donors (Lipinski definition) is 1. The van der Waals surface area contributed by atoms with E-state index in [4.69, 9.17) is 0 Å². The summed E-state index contributed by atoms with van der Waals surface area (Å²) < 4.78 is 1.91. The molecule has 5 heteroatoms. The van der Waals surface area contributed by atoms with Gasteiger partial charge < -0.3 is 5.32 Å². The van der Waals surface area contributed by atoms with Gasteiger partial charge in [-0.3, -0.25) is 0 Å². The number of hydrogen-bond acceptors (Lipinski definition) is 3. The first-order chi connectivity index (χ1) is 10.3. The van der Waals surface area contributed by atoms with Crippen molar-refractivity contribution >= 4 is 27.5 Å². The van der Waals surface area contributed by atoms with Crippen LogP contribution in [0.1, 0.15) is 18.4 Å². The van der Waals surface area contributed by atoms with Gasteiger partial charge in [0.1, 0.15) is 0 Å². The maximum absolute atomic E-state index is 4.60. The molecule has 1 aliphatic carbocycles. The van der Waals surface area contributed by atoms with Crippen molar-refractivity contribution in [3.8, 4) is 11.3 Å². The van der Waals surface area contributed by atoms with E-state index in [0.29, 0.717) is 6.04 Å². The van der Waals surface area contributed by atoms with Gasteiger partial charge in [0.2, 0.25) is 5.95 Å². The van der Waals surface area contributed by atoms with Crippen LogP contribution in [0.25, 0.3) is 16.9 Å². The third kappa shape index (κ3) is 2.53. The van der Waals surface area contributed by atoms with Gasteiger partial charge >= 0.3 is 0 Å². The van der Waals surface area contributed by atoms with E-state index in [9.17, 15) is 0 Å². The highest BCUT2D eigenvalue weighted by Gasteiger charge is 2.22. The summed E-state index contributed by atoms with van der Waals surface area (Å²) in [6, 6.07) is 15.2. The summed E-state index contributed by atoms with van der Waals surface area (Å²) in [6.07, 6.45) is 2.44. The van der Waals surface area contributed by atoms with Crippen molar-refractivity contribution in [1.82, 2.24) is 14.6 Å². The summed E-state index contributed by atoms with van der Waals surface area (Å²) in [5, 5.41) is 8.82. The fraction of sp³-hybridized carbons (Fsp3) is 0.250. The quantitative estimate of drug-likeness (QED) is 0.732. The Labute approximate surface area is 131 Å². The molecule has 0 aliphatic heterocycles. The second kappa shape index (κ2) is 5.15. The van der Waals surface area contributed by atoms with Gasteiger partial charge in [0, 0.05) is 16.9 Å². The molecule has 21 heavy (non-hydrogen) atoms. The molecule has 4 rings (SSSR count). The molecule has 0 amide bonds. The second-order valence-electron chi connectivity index (χ2n) is 5.37. The topological polar surface area (TPSA) is 42.2 Å². The molecule has 0 radical (unpaired) electrons. The van der Waals surface area contributed by atoms with Crippen LogP contribution >= 0.6 is 15.9 Å². The largest absolute Gasteiger partial charge is 0.350 e. The first kappa shape index (κ1) is 12.8. The van der Waals surface area contributed by atoms with Crippen LogP contribution in [0.2, 0.25) is 0 Å². The number of nitrogens with zero attached hydrogens (tertiary/aromatic N) is 3. The van der Waals surface area contributed by atoms with E-state index < -0.39 is 0 Å². The zero-order valence-corrected chi connectivity index (χ0v) is 13.0. The predicted molar refractivity (Wildman–Crippen MR) is 87.7 cm³/mol. The second-order valence-corrected chi connectivity index (χ2v) is 5.93. The van der Waals surface area contributed by atoms with E-state index in [-0.39, 0.29) is 0 Å². The Morgan fingerprint density at radius 1 is 1.14 bits per heavy atom. The van der Waals surface area contributed by atoms with Crippen LogP contribution in [0.5, 0.6) is 0 Å². The van der Waals surface area contributed by atoms with Gasteiger partial charge in [-0.2, -0.15) is 4.98 Å². The molecular weight excluding hydrogens is 328 g/mol. The molecule has 0 bridgehead atoms. The highest BCUT2D eigenvalue weighted by molar-refractivity contribution is 9.08. The highest BCUT2D eigenvalue weighted by atomic mass is 79.9. The molecule has 0 atom stereocenters. The number of rotatable bonds is 4. The van der Waals surface area contributed by atoms with Crippen LogP contribution in [0, 0.1) is 0 Å². The zero-order chi connectivity index (χ0) is 14.2. The Morgan fingerprint density at radius 3 is 2.67 bits per heavy atom. The summed E-state index contributed by atoms with van der Waals surface area (Å²) >= 11 is 3.47. The Morgan fingerprint density at radius 2 is 1.95 bits per heavy atom. The van der Waals surface area contributed by atoms with E-state index in [1.807, 2.05) is 16.6 Å². The van der Waals surface area contributed by atoms with E-state index in [1.165, 1.54) is 18.4 Å². The molecule has 1 aromatic carbocycles. The average Bonchev–Trinajstić information content (AvgIpc) is 3.23. The van der Waals surface area contributed by atoms with Crippen LogP contribution in [-0.4, -0.2) is 20.6 Å². The van der Waals surface area contributed by atoms with Crippen LogP contribution < -0.4 is 5.32 Å². The maximum Gasteiger partial charge on any atom is 0.243 e. The lowest BCUT2D eigenvalue weighted by atomic mass is 10.1. The monoisotopic (exact) mass is 342 g/mol. The molecular formula is C16H15BrN4. The third-order valence-corrected chi connectivity index (χ3v) is 4.32. The van der Waals surface area contributed by atoms with Gasteiger partial charge in [0.05, 0.1) is 5.69 Å². The van der Waals surface area contributed by atoms with Gasteiger partial charge in [-0.15, -0.1) is 5.10 Å². The molecule has 2 heterocycles. The maximum atomic E-state index is 4.60. The molecule has 1 saturated carbocycles. The number of halogens is 1. The standard InChI is InChI=1S/C16H15BrN4/c17-10-11-4-6-12(7-5-11)14-2-1-3-15-19-16(20-21(14)15)18-13-8-9-13/h1-7,13H,8-10H2,(H,18,20). The molecule has 0 spiro atoms. The lowest BCUT2D eigenvalue weighted by molar-refractivity contribution is 0.956. The summed E-state index contributed by atoms with van der Waals surface area (Å²) in [5.74, 6) is 0.724. The molecule has 1 N–H and O–H groups in total. The van der Waals surface area contributed by atoms with Gasteiger partial charge in [-0.05, 0) is 30.5 Å². The number of benzene rings is 1. The smallest absolute Gasteiger partial charge is 0.243 e. The SMILES string of the molecule is BrCc1ccc(-c2cccc3nc(NC4CC4)nn23)cc1. The summed E-state index contributed by atoms with van der Waals surface area (Å²) in [4.78, 5) is 4.55. The summed E-state index contributed by atoms with van der Waals surface area (Å²) in [7, 11) is 0. The Hall–Kier alpha value is -1.88. The third-order valence-electron chi connectivity index (χ3n) is 3.67. The molecule has 1 fully saturated rings. The van der Waals surface area contributed by atoms with E-state index >= 15 is 0 Å². The zero-order valence-electron chi connectivity index (χ0n) is 11.5. The van der Waals surface area contributed by atoms with Crippen molar-refractivity contribution in [1.29, 1.82) is 0 Å². The number of pyridine rings is 1. The molecule has 0 unspecified atom stereocenters.